The molecule has 0 bridgehead atoms. The molecular formula is C12H15N3O5. The average molecular weight is 281 g/mol. The Morgan fingerprint density at radius 1 is 1.40 bits per heavy atom. The highest BCUT2D eigenvalue weighted by atomic mass is 16.5. The van der Waals surface area contributed by atoms with Crippen molar-refractivity contribution in [2.45, 2.75) is 18.4 Å². The molecule has 0 radical (unpaired) electrons. The van der Waals surface area contributed by atoms with E-state index in [1.165, 1.54) is 19.2 Å². The van der Waals surface area contributed by atoms with E-state index in [0.717, 1.165) is 4.68 Å². The summed E-state index contributed by atoms with van der Waals surface area (Å²) in [6.45, 7) is 0.542. The van der Waals surface area contributed by atoms with E-state index >= 15 is 0 Å². The second-order valence-corrected chi connectivity index (χ2v) is 4.63. The summed E-state index contributed by atoms with van der Waals surface area (Å²) in [5.74, 6) is -1.72. The molecule has 8 nitrogen and oxygen atoms in total. The van der Waals surface area contributed by atoms with E-state index in [4.69, 9.17) is 4.74 Å². The third kappa shape index (κ3) is 2.69. The molecule has 1 amide bonds. The second kappa shape index (κ2) is 5.41. The number of carbonyl (C=O) groups excluding carboxylic acids is 1. The van der Waals surface area contributed by atoms with Crippen LogP contribution < -0.4 is 10.9 Å². The van der Waals surface area contributed by atoms with Crippen LogP contribution in [-0.4, -0.2) is 45.5 Å². The smallest absolute Gasteiger partial charge is 0.329 e. The van der Waals surface area contributed by atoms with Gasteiger partial charge in [0.25, 0.3) is 11.5 Å². The quantitative estimate of drug-likeness (QED) is 0.746. The van der Waals surface area contributed by atoms with Crippen molar-refractivity contribution in [3.8, 4) is 0 Å². The molecule has 0 aliphatic carbocycles. The number of rotatable bonds is 3. The maximum Gasteiger partial charge on any atom is 0.329 e. The van der Waals surface area contributed by atoms with Gasteiger partial charge in [0.1, 0.15) is 11.2 Å². The summed E-state index contributed by atoms with van der Waals surface area (Å²) in [5, 5.41) is 15.6. The highest BCUT2D eigenvalue weighted by Gasteiger charge is 2.42. The maximum atomic E-state index is 12.1. The number of hydrogen-bond donors (Lipinski definition) is 2. The summed E-state index contributed by atoms with van der Waals surface area (Å²) in [5.41, 5.74) is -1.69. The molecule has 1 aromatic rings. The number of hydrogen-bond acceptors (Lipinski definition) is 5. The van der Waals surface area contributed by atoms with Crippen molar-refractivity contribution in [1.29, 1.82) is 0 Å². The molecular weight excluding hydrogens is 266 g/mol. The SMILES string of the molecule is Cn1nc(C(=O)NC2(C(=O)O)CCOCC2)ccc1=O. The van der Waals surface area contributed by atoms with Crippen LogP contribution in [0.4, 0.5) is 0 Å². The number of aryl methyl sites for hydroxylation is 1. The highest BCUT2D eigenvalue weighted by molar-refractivity contribution is 5.96. The second-order valence-electron chi connectivity index (χ2n) is 4.63. The molecule has 1 saturated heterocycles. The number of carboxylic acid groups (broad SMARTS) is 1. The predicted molar refractivity (Wildman–Crippen MR) is 67.4 cm³/mol. The standard InChI is InChI=1S/C12H15N3O5/c1-15-9(16)3-2-8(14-15)10(17)13-12(11(18)19)4-6-20-7-5-12/h2-3H,4-7H2,1H3,(H,13,17)(H,18,19). The fraction of sp³-hybridized carbons (Fsp3) is 0.500. The van der Waals surface area contributed by atoms with E-state index in [-0.39, 0.29) is 37.3 Å². The zero-order valence-electron chi connectivity index (χ0n) is 11.0. The van der Waals surface area contributed by atoms with Crippen molar-refractivity contribution in [3.05, 3.63) is 28.2 Å². The Hall–Kier alpha value is -2.22. The van der Waals surface area contributed by atoms with Crippen molar-refractivity contribution in [3.63, 3.8) is 0 Å². The highest BCUT2D eigenvalue weighted by Crippen LogP contribution is 2.21. The van der Waals surface area contributed by atoms with Gasteiger partial charge in [0.2, 0.25) is 0 Å². The Kier molecular flexibility index (Phi) is 3.84. The van der Waals surface area contributed by atoms with Crippen LogP contribution in [0.1, 0.15) is 23.3 Å². The molecule has 2 heterocycles. The average Bonchev–Trinajstić information content (AvgIpc) is 2.42. The van der Waals surface area contributed by atoms with Gasteiger partial charge < -0.3 is 15.2 Å². The number of amides is 1. The van der Waals surface area contributed by atoms with Gasteiger partial charge >= 0.3 is 5.97 Å². The number of aromatic nitrogens is 2. The largest absolute Gasteiger partial charge is 0.480 e. The first-order valence-corrected chi connectivity index (χ1v) is 6.13. The number of nitrogens with zero attached hydrogens (tertiary/aromatic N) is 2. The minimum absolute atomic E-state index is 0.000725. The van der Waals surface area contributed by atoms with Gasteiger partial charge in [-0.25, -0.2) is 9.48 Å². The Labute approximate surface area is 114 Å². The number of carbonyl (C=O) groups is 2. The van der Waals surface area contributed by atoms with E-state index in [1.54, 1.807) is 0 Å². The van der Waals surface area contributed by atoms with Crippen molar-refractivity contribution in [2.75, 3.05) is 13.2 Å². The van der Waals surface area contributed by atoms with Gasteiger partial charge in [-0.1, -0.05) is 0 Å². The molecule has 8 heteroatoms. The molecule has 1 aliphatic heterocycles. The molecule has 20 heavy (non-hydrogen) atoms. The fourth-order valence-electron chi connectivity index (χ4n) is 2.02. The first-order chi connectivity index (χ1) is 9.44. The summed E-state index contributed by atoms with van der Waals surface area (Å²) in [6, 6.07) is 2.48. The van der Waals surface area contributed by atoms with Crippen molar-refractivity contribution < 1.29 is 19.4 Å². The molecule has 2 N–H and O–H groups in total. The molecule has 1 aromatic heterocycles. The third-order valence-electron chi connectivity index (χ3n) is 3.30. The molecule has 1 fully saturated rings. The number of nitrogens with one attached hydrogen (secondary N) is 1. The molecule has 0 saturated carbocycles. The number of ether oxygens (including phenoxy) is 1. The lowest BCUT2D eigenvalue weighted by molar-refractivity contribution is -0.148. The van der Waals surface area contributed by atoms with Crippen molar-refractivity contribution >= 4 is 11.9 Å². The lowest BCUT2D eigenvalue weighted by atomic mass is 9.90. The van der Waals surface area contributed by atoms with Gasteiger partial charge in [-0.05, 0) is 6.07 Å². The van der Waals surface area contributed by atoms with Crippen LogP contribution in [0, 0.1) is 0 Å². The lowest BCUT2D eigenvalue weighted by Gasteiger charge is -2.33. The molecule has 0 atom stereocenters. The summed E-state index contributed by atoms with van der Waals surface area (Å²) < 4.78 is 6.14. The van der Waals surface area contributed by atoms with Crippen molar-refractivity contribution in [2.24, 2.45) is 7.05 Å². The first-order valence-electron chi connectivity index (χ1n) is 6.13. The minimum Gasteiger partial charge on any atom is -0.480 e. The van der Waals surface area contributed by atoms with E-state index in [1.807, 2.05) is 0 Å². The fourth-order valence-corrected chi connectivity index (χ4v) is 2.02. The zero-order valence-corrected chi connectivity index (χ0v) is 11.0. The van der Waals surface area contributed by atoms with Crippen molar-refractivity contribution in [1.82, 2.24) is 15.1 Å². The topological polar surface area (TPSA) is 111 Å². The van der Waals surface area contributed by atoms with Crippen LogP contribution in [0.2, 0.25) is 0 Å². The molecule has 2 rings (SSSR count). The van der Waals surface area contributed by atoms with E-state index in [9.17, 15) is 19.5 Å². The summed E-state index contributed by atoms with van der Waals surface area (Å²) >= 11 is 0. The monoisotopic (exact) mass is 281 g/mol. The van der Waals surface area contributed by atoms with Crippen LogP contribution in [0.3, 0.4) is 0 Å². The normalized spacial score (nSPS) is 17.4. The Bertz CT molecular complexity index is 589. The van der Waals surface area contributed by atoms with Crippen LogP contribution in [0.15, 0.2) is 16.9 Å². The van der Waals surface area contributed by atoms with Gasteiger partial charge in [-0.2, -0.15) is 5.10 Å². The minimum atomic E-state index is -1.34. The number of carboxylic acids is 1. The summed E-state index contributed by atoms with van der Waals surface area (Å²) in [7, 11) is 1.42. The first kappa shape index (κ1) is 14.2. The van der Waals surface area contributed by atoms with E-state index in [2.05, 4.69) is 10.4 Å². The Morgan fingerprint density at radius 3 is 2.60 bits per heavy atom. The van der Waals surface area contributed by atoms with Gasteiger partial charge in [0.15, 0.2) is 0 Å². The molecule has 1 aliphatic rings. The van der Waals surface area contributed by atoms with Crippen LogP contribution in [0.25, 0.3) is 0 Å². The summed E-state index contributed by atoms with van der Waals surface area (Å²) in [6.07, 6.45) is 0.389. The zero-order chi connectivity index (χ0) is 14.8. The van der Waals surface area contributed by atoms with E-state index < -0.39 is 17.4 Å². The van der Waals surface area contributed by atoms with Crippen LogP contribution >= 0.6 is 0 Å². The third-order valence-corrected chi connectivity index (χ3v) is 3.30. The molecule has 0 spiro atoms. The molecule has 0 aromatic carbocycles. The van der Waals surface area contributed by atoms with Gasteiger partial charge in [0.05, 0.1) is 0 Å². The summed E-state index contributed by atoms with van der Waals surface area (Å²) in [4.78, 5) is 34.7. The van der Waals surface area contributed by atoms with Gasteiger partial charge in [0, 0.05) is 39.2 Å². The molecule has 0 unspecified atom stereocenters. The van der Waals surface area contributed by atoms with Gasteiger partial charge in [-0.15, -0.1) is 0 Å². The number of aliphatic carboxylic acids is 1. The van der Waals surface area contributed by atoms with Crippen LogP contribution in [-0.2, 0) is 16.6 Å². The Morgan fingerprint density at radius 2 is 2.05 bits per heavy atom. The molecule has 108 valence electrons. The predicted octanol–water partition coefficient (Wildman–Crippen LogP) is -0.856. The van der Waals surface area contributed by atoms with Gasteiger partial charge in [-0.3, -0.25) is 9.59 Å². The van der Waals surface area contributed by atoms with Crippen LogP contribution in [0.5, 0.6) is 0 Å². The Balaban J connectivity index is 2.22. The maximum absolute atomic E-state index is 12.1. The van der Waals surface area contributed by atoms with E-state index in [0.29, 0.717) is 0 Å². The lowest BCUT2D eigenvalue weighted by Crippen LogP contribution is -2.57.